The maximum absolute atomic E-state index is 14.9. The number of rotatable bonds is 10. The molecule has 4 N–H and O–H groups in total. The van der Waals surface area contributed by atoms with Gasteiger partial charge < -0.3 is 21.3 Å². The third kappa shape index (κ3) is 7.15. The molecule has 0 unspecified atom stereocenters. The summed E-state index contributed by atoms with van der Waals surface area (Å²) in [5, 5.41) is 10.8. The molecule has 2 aromatic rings. The molecule has 0 amide bonds. The van der Waals surface area contributed by atoms with Gasteiger partial charge in [-0.15, -0.1) is 11.5 Å². The summed E-state index contributed by atoms with van der Waals surface area (Å²) in [6.07, 6.45) is 15.3. The number of nitrogens with one attached hydrogen (secondary N) is 2. The summed E-state index contributed by atoms with van der Waals surface area (Å²) >= 11 is 0. The summed E-state index contributed by atoms with van der Waals surface area (Å²) in [5.41, 5.74) is 17.2. The van der Waals surface area contributed by atoms with E-state index in [9.17, 15) is 4.39 Å². The van der Waals surface area contributed by atoms with E-state index in [4.69, 9.17) is 5.73 Å². The molecule has 8 heteroatoms. The first-order chi connectivity index (χ1) is 19.0. The van der Waals surface area contributed by atoms with Gasteiger partial charge in [-0.2, -0.15) is 5.10 Å². The van der Waals surface area contributed by atoms with E-state index in [1.165, 1.54) is 31.5 Å². The summed E-state index contributed by atoms with van der Waals surface area (Å²) in [6.45, 7) is 11.6. The number of nitrogens with two attached hydrogens (primary N) is 1. The molecule has 0 radical (unpaired) electrons. The Kier molecular flexibility index (Phi) is 9.54. The minimum atomic E-state index is -0.416. The summed E-state index contributed by atoms with van der Waals surface area (Å²) in [7, 11) is 1.87. The molecule has 2 aliphatic heterocycles. The molecular weight excluding hydrogens is 489 g/mol. The molecule has 0 atom stereocenters. The molecule has 4 rings (SSSR count). The fourth-order valence-corrected chi connectivity index (χ4v) is 4.69. The van der Waals surface area contributed by atoms with Gasteiger partial charge >= 0.3 is 0 Å². The molecule has 7 nitrogen and oxygen atoms in total. The van der Waals surface area contributed by atoms with Crippen LogP contribution in [-0.4, -0.2) is 46.6 Å². The van der Waals surface area contributed by atoms with Gasteiger partial charge in [0.25, 0.3) is 0 Å². The van der Waals surface area contributed by atoms with Crippen molar-refractivity contribution in [2.24, 2.45) is 17.8 Å². The van der Waals surface area contributed by atoms with Crippen molar-refractivity contribution >= 4 is 22.7 Å². The molecule has 1 aromatic carbocycles. The first-order valence-electron chi connectivity index (χ1n) is 13.2. The van der Waals surface area contributed by atoms with Crippen LogP contribution >= 0.6 is 0 Å². The number of nitrogens with zero attached hydrogens (tertiary/aromatic N) is 4. The van der Waals surface area contributed by atoms with E-state index in [0.717, 1.165) is 48.6 Å². The molecule has 1 fully saturated rings. The minimum absolute atomic E-state index is 0.264. The van der Waals surface area contributed by atoms with Crippen LogP contribution in [0.3, 0.4) is 0 Å². The second-order valence-corrected chi connectivity index (χ2v) is 9.50. The van der Waals surface area contributed by atoms with Gasteiger partial charge in [-0.3, -0.25) is 9.67 Å². The average Bonchev–Trinajstić information content (AvgIpc) is 3.25. The van der Waals surface area contributed by atoms with Crippen LogP contribution in [0.4, 0.5) is 10.1 Å². The lowest BCUT2D eigenvalue weighted by atomic mass is 10.0. The van der Waals surface area contributed by atoms with Gasteiger partial charge in [-0.1, -0.05) is 31.7 Å². The number of hydrogen-bond donors (Lipinski definition) is 3. The third-order valence-electron chi connectivity index (χ3n) is 6.80. The first-order valence-corrected chi connectivity index (χ1v) is 13.2. The van der Waals surface area contributed by atoms with E-state index in [-0.39, 0.29) is 5.69 Å². The maximum atomic E-state index is 14.9. The molecule has 3 heterocycles. The molecule has 0 saturated carbocycles. The highest BCUT2D eigenvalue weighted by atomic mass is 19.1. The van der Waals surface area contributed by atoms with Crippen LogP contribution in [0.2, 0.25) is 0 Å². The Labute approximate surface area is 230 Å². The molecule has 1 saturated heterocycles. The summed E-state index contributed by atoms with van der Waals surface area (Å²) in [4.78, 5) is 7.13. The van der Waals surface area contributed by atoms with Crippen molar-refractivity contribution in [2.45, 2.75) is 25.7 Å². The van der Waals surface area contributed by atoms with Crippen LogP contribution in [0.15, 0.2) is 96.0 Å². The molecule has 0 bridgehead atoms. The molecule has 39 heavy (non-hydrogen) atoms. The van der Waals surface area contributed by atoms with E-state index < -0.39 is 5.82 Å². The molecular formula is C31H36FN7. The summed E-state index contributed by atoms with van der Waals surface area (Å²) < 4.78 is 16.7. The number of piperidine rings is 1. The fourth-order valence-electron chi connectivity index (χ4n) is 4.69. The number of hydrogen-bond acceptors (Lipinski definition) is 6. The Balaban J connectivity index is 1.49. The lowest BCUT2D eigenvalue weighted by molar-refractivity contribution is 0.232. The second-order valence-electron chi connectivity index (χ2n) is 9.50. The summed E-state index contributed by atoms with van der Waals surface area (Å²) in [6, 6.07) is 4.85. The lowest BCUT2D eigenvalue weighted by Gasteiger charge is -2.26. The van der Waals surface area contributed by atoms with Gasteiger partial charge in [-0.25, -0.2) is 4.39 Å². The molecule has 2 aliphatic rings. The smallest absolute Gasteiger partial charge is 0.146 e. The predicted octanol–water partition coefficient (Wildman–Crippen LogP) is 5.13. The molecule has 1 aromatic heterocycles. The van der Waals surface area contributed by atoms with Crippen molar-refractivity contribution in [3.63, 3.8) is 0 Å². The van der Waals surface area contributed by atoms with Crippen molar-refractivity contribution in [2.75, 3.05) is 31.5 Å². The topological polar surface area (TPSA) is 83.5 Å². The van der Waals surface area contributed by atoms with E-state index >= 15 is 0 Å². The zero-order valence-corrected chi connectivity index (χ0v) is 22.5. The van der Waals surface area contributed by atoms with Gasteiger partial charge in [0.15, 0.2) is 0 Å². The van der Waals surface area contributed by atoms with E-state index in [1.807, 2.05) is 25.4 Å². The largest absolute Gasteiger partial charge is 0.404 e. The van der Waals surface area contributed by atoms with Crippen LogP contribution in [0.25, 0.3) is 11.3 Å². The van der Waals surface area contributed by atoms with Crippen LogP contribution < -0.4 is 16.4 Å². The van der Waals surface area contributed by atoms with Crippen molar-refractivity contribution < 1.29 is 4.39 Å². The Morgan fingerprint density at radius 2 is 2.03 bits per heavy atom. The number of anilines is 1. The predicted molar refractivity (Wildman–Crippen MR) is 158 cm³/mol. The van der Waals surface area contributed by atoms with Crippen LogP contribution in [0, 0.1) is 5.82 Å². The van der Waals surface area contributed by atoms with Crippen LogP contribution in [0.1, 0.15) is 36.8 Å². The van der Waals surface area contributed by atoms with Crippen molar-refractivity contribution in [1.82, 2.24) is 20.0 Å². The monoisotopic (exact) mass is 525 g/mol. The SMILES string of the molecule is C=C=C(Nc1cc(C(=C=C)NCCN2CCCCC2)ccc1F)/C(=C/N)C1=NC=C(c2cnn(C)c2)C=CC1. The Morgan fingerprint density at radius 1 is 1.21 bits per heavy atom. The van der Waals surface area contributed by atoms with Gasteiger partial charge in [0.2, 0.25) is 0 Å². The highest BCUT2D eigenvalue weighted by Gasteiger charge is 2.16. The number of aryl methyl sites for hydroxylation is 1. The molecule has 0 aliphatic carbocycles. The minimum Gasteiger partial charge on any atom is -0.404 e. The quantitative estimate of drug-likeness (QED) is 0.296. The van der Waals surface area contributed by atoms with Gasteiger partial charge in [0.1, 0.15) is 5.82 Å². The highest BCUT2D eigenvalue weighted by Crippen LogP contribution is 2.25. The maximum Gasteiger partial charge on any atom is 0.146 e. The number of likely N-dealkylation sites (tertiary alicyclic amines) is 1. The second kappa shape index (κ2) is 13.4. The Morgan fingerprint density at radius 3 is 2.72 bits per heavy atom. The van der Waals surface area contributed by atoms with E-state index in [1.54, 1.807) is 29.2 Å². The number of aromatic nitrogens is 2. The van der Waals surface area contributed by atoms with Gasteiger partial charge in [0, 0.05) is 67.4 Å². The molecule has 0 spiro atoms. The van der Waals surface area contributed by atoms with E-state index in [0.29, 0.717) is 23.4 Å². The summed E-state index contributed by atoms with van der Waals surface area (Å²) in [5.74, 6) is -0.416. The van der Waals surface area contributed by atoms with Gasteiger partial charge in [-0.05, 0) is 44.1 Å². The number of aliphatic imine (C=N–C) groups is 1. The number of allylic oxidation sites excluding steroid dienone is 4. The van der Waals surface area contributed by atoms with Crippen LogP contribution in [-0.2, 0) is 7.05 Å². The van der Waals surface area contributed by atoms with Crippen molar-refractivity contribution in [3.8, 4) is 0 Å². The normalized spacial score (nSPS) is 15.9. The van der Waals surface area contributed by atoms with Gasteiger partial charge in [0.05, 0.1) is 29.0 Å². The van der Waals surface area contributed by atoms with Crippen molar-refractivity contribution in [1.29, 1.82) is 0 Å². The number of halogens is 1. The number of benzene rings is 1. The first kappa shape index (κ1) is 27.7. The Bertz CT molecular complexity index is 1410. The lowest BCUT2D eigenvalue weighted by Crippen LogP contribution is -2.35. The third-order valence-corrected chi connectivity index (χ3v) is 6.80. The molecule has 202 valence electrons. The van der Waals surface area contributed by atoms with Crippen LogP contribution in [0.5, 0.6) is 0 Å². The Hall–Kier alpha value is -4.35. The average molecular weight is 526 g/mol. The standard InChI is InChI=1S/C31H36FN7/c1-4-28(34-14-17-39-15-7-6-8-16-39)23-12-13-27(32)31(18-23)37-29(5-2)26(19-33)30-11-9-10-24(20-35-30)25-21-36-38(3)22-25/h9-10,12-13,18-22,34,37H,1-2,6-8,11,14-17,33H2,3H3/b26-19-. The zero-order valence-electron chi connectivity index (χ0n) is 22.5. The van der Waals surface area contributed by atoms with E-state index in [2.05, 4.69) is 50.2 Å². The zero-order chi connectivity index (χ0) is 27.6. The van der Waals surface area contributed by atoms with Crippen molar-refractivity contribution in [3.05, 3.63) is 108 Å². The fraction of sp³-hybridized carbons (Fsp3) is 0.290. The highest BCUT2D eigenvalue weighted by molar-refractivity contribution is 6.06.